The van der Waals surface area contributed by atoms with Crippen molar-refractivity contribution >= 4 is 40.5 Å². The maximum absolute atomic E-state index is 13.5. The molecule has 1 N–H and O–H groups in total. The van der Waals surface area contributed by atoms with Crippen LogP contribution in [-0.2, 0) is 9.59 Å². The number of aliphatic imine (C=N–C) groups is 1. The van der Waals surface area contributed by atoms with Crippen LogP contribution in [0.4, 0.5) is 10.1 Å². The molecule has 1 aliphatic heterocycles. The molecular formula is C25H26FN3O2S. The summed E-state index contributed by atoms with van der Waals surface area (Å²) in [5, 5.41) is 3.12. The fraction of sp³-hybridized carbons (Fsp3) is 0.320. The van der Waals surface area contributed by atoms with Crippen molar-refractivity contribution < 1.29 is 14.0 Å². The average Bonchev–Trinajstić information content (AvgIpc) is 3.10. The number of benzene rings is 2. The molecule has 0 radical (unpaired) electrons. The summed E-state index contributed by atoms with van der Waals surface area (Å²) >= 11 is 1.24. The Labute approximate surface area is 191 Å². The van der Waals surface area contributed by atoms with E-state index in [9.17, 15) is 14.0 Å². The number of nitrogens with one attached hydrogen (secondary N) is 1. The van der Waals surface area contributed by atoms with Crippen LogP contribution in [0.25, 0.3) is 6.08 Å². The van der Waals surface area contributed by atoms with Gasteiger partial charge in [0.05, 0.1) is 10.9 Å². The Bertz CT molecular complexity index is 1030. The van der Waals surface area contributed by atoms with Crippen LogP contribution in [-0.4, -0.2) is 28.3 Å². The van der Waals surface area contributed by atoms with E-state index in [1.807, 2.05) is 37.3 Å². The summed E-state index contributed by atoms with van der Waals surface area (Å²) in [5.41, 5.74) is 1.65. The number of hydrogen-bond donors (Lipinski definition) is 1. The van der Waals surface area contributed by atoms with Crippen molar-refractivity contribution in [1.29, 1.82) is 0 Å². The zero-order valence-corrected chi connectivity index (χ0v) is 18.8. The van der Waals surface area contributed by atoms with Gasteiger partial charge in [0.2, 0.25) is 5.91 Å². The van der Waals surface area contributed by atoms with Gasteiger partial charge in [-0.3, -0.25) is 14.5 Å². The van der Waals surface area contributed by atoms with E-state index in [1.54, 1.807) is 18.2 Å². The normalized spacial score (nSPS) is 19.2. The van der Waals surface area contributed by atoms with Crippen molar-refractivity contribution in [2.45, 2.75) is 50.3 Å². The maximum atomic E-state index is 13.5. The van der Waals surface area contributed by atoms with Crippen LogP contribution in [0, 0.1) is 5.82 Å². The first-order valence-electron chi connectivity index (χ1n) is 10.9. The van der Waals surface area contributed by atoms with Gasteiger partial charge in [0.15, 0.2) is 5.17 Å². The molecule has 1 fully saturated rings. The molecule has 0 bridgehead atoms. The van der Waals surface area contributed by atoms with Gasteiger partial charge in [-0.1, -0.05) is 61.4 Å². The summed E-state index contributed by atoms with van der Waals surface area (Å²) in [4.78, 5) is 32.0. The largest absolute Gasteiger partial charge is 0.352 e. The Morgan fingerprint density at radius 1 is 1.12 bits per heavy atom. The van der Waals surface area contributed by atoms with Crippen LogP contribution in [0.3, 0.4) is 0 Å². The maximum Gasteiger partial charge on any atom is 0.283 e. The molecular weight excluding hydrogens is 425 g/mol. The van der Waals surface area contributed by atoms with E-state index in [4.69, 9.17) is 0 Å². The zero-order chi connectivity index (χ0) is 22.5. The van der Waals surface area contributed by atoms with Crippen molar-refractivity contribution in [3.05, 3.63) is 71.7 Å². The number of thioether (sulfide) groups is 1. The predicted octanol–water partition coefficient (Wildman–Crippen LogP) is 5.14. The van der Waals surface area contributed by atoms with Gasteiger partial charge in [-0.15, -0.1) is 0 Å². The SMILES string of the molecule is CC(SC1=NC(=Cc2ccccc2)C(=O)N1c1ccc(F)cc1)C(=O)NC1CCCCC1. The highest BCUT2D eigenvalue weighted by atomic mass is 32.2. The molecule has 2 aliphatic rings. The number of nitrogens with zero attached hydrogens (tertiary/aromatic N) is 2. The molecule has 32 heavy (non-hydrogen) atoms. The first-order chi connectivity index (χ1) is 15.5. The molecule has 0 aromatic heterocycles. The Morgan fingerprint density at radius 3 is 2.50 bits per heavy atom. The molecule has 0 spiro atoms. The molecule has 1 unspecified atom stereocenters. The summed E-state index contributed by atoms with van der Waals surface area (Å²) in [6, 6.07) is 15.4. The fourth-order valence-corrected chi connectivity index (χ4v) is 4.81. The fourth-order valence-electron chi connectivity index (χ4n) is 3.88. The monoisotopic (exact) mass is 451 g/mol. The topological polar surface area (TPSA) is 61.8 Å². The van der Waals surface area contributed by atoms with E-state index >= 15 is 0 Å². The number of hydrogen-bond acceptors (Lipinski definition) is 4. The highest BCUT2D eigenvalue weighted by Gasteiger charge is 2.34. The molecule has 2 aromatic rings. The van der Waals surface area contributed by atoms with Crippen LogP contribution in [0.5, 0.6) is 0 Å². The summed E-state index contributed by atoms with van der Waals surface area (Å²) < 4.78 is 13.5. The second-order valence-corrected chi connectivity index (χ2v) is 9.36. The third-order valence-corrected chi connectivity index (χ3v) is 6.67. The first kappa shape index (κ1) is 22.3. The van der Waals surface area contributed by atoms with Gasteiger partial charge in [0.25, 0.3) is 5.91 Å². The van der Waals surface area contributed by atoms with E-state index < -0.39 is 5.25 Å². The van der Waals surface area contributed by atoms with Crippen LogP contribution in [0.2, 0.25) is 0 Å². The van der Waals surface area contributed by atoms with Crippen molar-refractivity contribution in [1.82, 2.24) is 5.32 Å². The smallest absolute Gasteiger partial charge is 0.283 e. The van der Waals surface area contributed by atoms with Crippen molar-refractivity contribution in [2.24, 2.45) is 4.99 Å². The lowest BCUT2D eigenvalue weighted by Crippen LogP contribution is -2.41. The summed E-state index contributed by atoms with van der Waals surface area (Å²) in [6.45, 7) is 1.82. The zero-order valence-electron chi connectivity index (χ0n) is 18.0. The quantitative estimate of drug-likeness (QED) is 0.641. The number of halogens is 1. The third-order valence-electron chi connectivity index (χ3n) is 5.62. The molecule has 1 heterocycles. The molecule has 1 atom stereocenters. The van der Waals surface area contributed by atoms with Crippen LogP contribution in [0.15, 0.2) is 65.3 Å². The number of amides is 2. The van der Waals surface area contributed by atoms with E-state index in [0.29, 0.717) is 10.9 Å². The molecule has 7 heteroatoms. The molecule has 5 nitrogen and oxygen atoms in total. The minimum atomic E-state index is -0.428. The Kier molecular flexibility index (Phi) is 7.05. The van der Waals surface area contributed by atoms with Gasteiger partial charge in [-0.25, -0.2) is 9.38 Å². The van der Waals surface area contributed by atoms with Gasteiger partial charge in [0.1, 0.15) is 11.5 Å². The summed E-state index contributed by atoms with van der Waals surface area (Å²) in [6.07, 6.45) is 7.24. The molecule has 0 saturated heterocycles. The minimum absolute atomic E-state index is 0.0587. The Balaban J connectivity index is 1.57. The van der Waals surface area contributed by atoms with Gasteiger partial charge < -0.3 is 5.32 Å². The number of carbonyl (C=O) groups excluding carboxylic acids is 2. The van der Waals surface area contributed by atoms with E-state index in [1.165, 1.54) is 35.2 Å². The van der Waals surface area contributed by atoms with Gasteiger partial charge >= 0.3 is 0 Å². The number of amidine groups is 1. The molecule has 4 rings (SSSR count). The van der Waals surface area contributed by atoms with Crippen molar-refractivity contribution in [3.8, 4) is 0 Å². The van der Waals surface area contributed by atoms with Crippen LogP contribution < -0.4 is 10.2 Å². The second-order valence-electron chi connectivity index (χ2n) is 8.06. The summed E-state index contributed by atoms with van der Waals surface area (Å²) in [7, 11) is 0. The average molecular weight is 452 g/mol. The highest BCUT2D eigenvalue weighted by Crippen LogP contribution is 2.31. The highest BCUT2D eigenvalue weighted by molar-refractivity contribution is 8.15. The number of carbonyl (C=O) groups is 2. The lowest BCUT2D eigenvalue weighted by atomic mass is 9.95. The minimum Gasteiger partial charge on any atom is -0.352 e. The molecule has 2 aromatic carbocycles. The predicted molar refractivity (Wildman–Crippen MR) is 128 cm³/mol. The Hall–Kier alpha value is -2.93. The van der Waals surface area contributed by atoms with Gasteiger partial charge in [-0.05, 0) is 55.7 Å². The molecule has 1 aliphatic carbocycles. The van der Waals surface area contributed by atoms with Crippen molar-refractivity contribution in [2.75, 3.05) is 4.90 Å². The number of rotatable bonds is 5. The van der Waals surface area contributed by atoms with Crippen molar-refractivity contribution in [3.63, 3.8) is 0 Å². The van der Waals surface area contributed by atoms with Crippen LogP contribution in [0.1, 0.15) is 44.6 Å². The van der Waals surface area contributed by atoms with Crippen LogP contribution >= 0.6 is 11.8 Å². The third kappa shape index (κ3) is 5.27. The number of anilines is 1. The van der Waals surface area contributed by atoms with E-state index in [0.717, 1.165) is 31.2 Å². The van der Waals surface area contributed by atoms with E-state index in [-0.39, 0.29) is 29.4 Å². The lowest BCUT2D eigenvalue weighted by molar-refractivity contribution is -0.121. The summed E-state index contributed by atoms with van der Waals surface area (Å²) in [5.74, 6) is -0.744. The lowest BCUT2D eigenvalue weighted by Gasteiger charge is -2.25. The van der Waals surface area contributed by atoms with Gasteiger partial charge in [0, 0.05) is 6.04 Å². The first-order valence-corrected chi connectivity index (χ1v) is 11.8. The standard InChI is InChI=1S/C25H26FN3O2S/c1-17(23(30)27-20-10-6-3-7-11-20)32-25-28-22(16-18-8-4-2-5-9-18)24(31)29(25)21-14-12-19(26)13-15-21/h2,4-5,8-9,12-17,20H,3,6-7,10-11H2,1H3,(H,27,30). The molecule has 1 saturated carbocycles. The second kappa shape index (κ2) is 10.1. The molecule has 166 valence electrons. The molecule has 2 amide bonds. The Morgan fingerprint density at radius 2 is 1.81 bits per heavy atom. The van der Waals surface area contributed by atoms with Gasteiger partial charge in [-0.2, -0.15) is 0 Å². The van der Waals surface area contributed by atoms with E-state index in [2.05, 4.69) is 10.3 Å².